The Morgan fingerprint density at radius 1 is 1.26 bits per heavy atom. The highest BCUT2D eigenvalue weighted by Gasteiger charge is 2.34. The van der Waals surface area contributed by atoms with E-state index >= 15 is 0 Å². The van der Waals surface area contributed by atoms with Crippen molar-refractivity contribution in [3.63, 3.8) is 0 Å². The molecular weight excluding hydrogens is 331 g/mol. The van der Waals surface area contributed by atoms with Gasteiger partial charge in [0.15, 0.2) is 5.69 Å². The van der Waals surface area contributed by atoms with Gasteiger partial charge in [0.1, 0.15) is 4.60 Å². The van der Waals surface area contributed by atoms with Gasteiger partial charge in [0.05, 0.1) is 10.6 Å². The van der Waals surface area contributed by atoms with Crippen molar-refractivity contribution in [2.75, 3.05) is 0 Å². The lowest BCUT2D eigenvalue weighted by molar-refractivity contribution is -0.384. The molecule has 2 aromatic rings. The van der Waals surface area contributed by atoms with Gasteiger partial charge in [-0.1, -0.05) is 0 Å². The first-order valence-corrected chi connectivity index (χ1v) is 5.66. The number of halogens is 4. The average molecular weight is 336 g/mol. The molecule has 0 bridgehead atoms. The second kappa shape index (κ2) is 4.65. The van der Waals surface area contributed by atoms with E-state index in [4.69, 9.17) is 0 Å². The summed E-state index contributed by atoms with van der Waals surface area (Å²) in [4.78, 5) is 9.88. The molecule has 0 aliphatic heterocycles. The fourth-order valence-corrected chi connectivity index (χ4v) is 1.89. The number of nitrogens with zero attached hydrogens (tertiary/aromatic N) is 3. The highest BCUT2D eigenvalue weighted by Crippen LogP contribution is 2.31. The summed E-state index contributed by atoms with van der Waals surface area (Å²) in [6.07, 6.45) is -4.55. The zero-order valence-electron chi connectivity index (χ0n) is 9.06. The van der Waals surface area contributed by atoms with Crippen LogP contribution in [0.5, 0.6) is 0 Å². The summed E-state index contributed by atoms with van der Waals surface area (Å²) >= 11 is 2.96. The first-order chi connectivity index (χ1) is 8.79. The molecule has 0 aliphatic carbocycles. The smallest absolute Gasteiger partial charge is 0.258 e. The SMILES string of the molecule is O=[N+]([O-])c1ccc(-n2nc(C(F)(F)F)cc2Br)cc1. The van der Waals surface area contributed by atoms with Crippen molar-refractivity contribution in [1.82, 2.24) is 9.78 Å². The normalized spacial score (nSPS) is 11.6. The van der Waals surface area contributed by atoms with Gasteiger partial charge in [0, 0.05) is 18.2 Å². The van der Waals surface area contributed by atoms with Crippen molar-refractivity contribution in [2.45, 2.75) is 6.18 Å². The Morgan fingerprint density at radius 3 is 2.26 bits per heavy atom. The van der Waals surface area contributed by atoms with Crippen LogP contribution in [0.3, 0.4) is 0 Å². The number of rotatable bonds is 2. The van der Waals surface area contributed by atoms with Crippen LogP contribution in [0.1, 0.15) is 5.69 Å². The Hall–Kier alpha value is -1.90. The molecule has 0 N–H and O–H groups in total. The third-order valence-electron chi connectivity index (χ3n) is 2.26. The monoisotopic (exact) mass is 335 g/mol. The summed E-state index contributed by atoms with van der Waals surface area (Å²) in [5.74, 6) is 0. The number of non-ortho nitro benzene ring substituents is 1. The maximum Gasteiger partial charge on any atom is 0.435 e. The number of aromatic nitrogens is 2. The van der Waals surface area contributed by atoms with Crippen LogP contribution in [0.15, 0.2) is 34.9 Å². The van der Waals surface area contributed by atoms with Crippen LogP contribution >= 0.6 is 15.9 Å². The molecule has 1 aromatic heterocycles. The van der Waals surface area contributed by atoms with Gasteiger partial charge in [-0.3, -0.25) is 10.1 Å². The molecule has 5 nitrogen and oxygen atoms in total. The number of nitro groups is 1. The van der Waals surface area contributed by atoms with Crippen molar-refractivity contribution in [3.05, 3.63) is 50.7 Å². The molecule has 0 amide bonds. The number of benzene rings is 1. The summed E-state index contributed by atoms with van der Waals surface area (Å²) in [5, 5.41) is 13.9. The zero-order chi connectivity index (χ0) is 14.2. The second-order valence-corrected chi connectivity index (χ2v) is 4.35. The van der Waals surface area contributed by atoms with E-state index in [0.29, 0.717) is 0 Å². The van der Waals surface area contributed by atoms with Crippen molar-refractivity contribution < 1.29 is 18.1 Å². The molecule has 2 rings (SSSR count). The minimum absolute atomic E-state index is 0.105. The van der Waals surface area contributed by atoms with Crippen molar-refractivity contribution in [3.8, 4) is 5.69 Å². The Labute approximate surface area is 112 Å². The third kappa shape index (κ3) is 2.75. The lowest BCUT2D eigenvalue weighted by Crippen LogP contribution is -2.07. The Morgan fingerprint density at radius 2 is 1.84 bits per heavy atom. The van der Waals surface area contributed by atoms with Crippen LogP contribution in [-0.4, -0.2) is 14.7 Å². The maximum absolute atomic E-state index is 12.5. The fraction of sp³-hybridized carbons (Fsp3) is 0.100. The Kier molecular flexibility index (Phi) is 3.31. The first kappa shape index (κ1) is 13.5. The van der Waals surface area contributed by atoms with E-state index in [0.717, 1.165) is 10.7 Å². The molecule has 0 radical (unpaired) electrons. The zero-order valence-corrected chi connectivity index (χ0v) is 10.6. The van der Waals surface area contributed by atoms with E-state index in [1.54, 1.807) is 0 Å². The maximum atomic E-state index is 12.5. The molecule has 100 valence electrons. The predicted molar refractivity (Wildman–Crippen MR) is 62.9 cm³/mol. The van der Waals surface area contributed by atoms with E-state index in [1.807, 2.05) is 0 Å². The summed E-state index contributed by atoms with van der Waals surface area (Å²) < 4.78 is 38.6. The molecule has 1 aromatic carbocycles. The first-order valence-electron chi connectivity index (χ1n) is 4.86. The minimum atomic E-state index is -4.55. The van der Waals surface area contributed by atoms with Crippen LogP contribution < -0.4 is 0 Å². The van der Waals surface area contributed by atoms with E-state index in [-0.39, 0.29) is 16.0 Å². The van der Waals surface area contributed by atoms with Gasteiger partial charge in [0.2, 0.25) is 0 Å². The topological polar surface area (TPSA) is 61.0 Å². The molecule has 19 heavy (non-hydrogen) atoms. The van der Waals surface area contributed by atoms with Gasteiger partial charge < -0.3 is 0 Å². The quantitative estimate of drug-likeness (QED) is 0.622. The van der Waals surface area contributed by atoms with Crippen molar-refractivity contribution in [2.24, 2.45) is 0 Å². The lowest BCUT2D eigenvalue weighted by Gasteiger charge is -2.03. The van der Waals surface area contributed by atoms with E-state index in [1.165, 1.54) is 24.3 Å². The standard InChI is InChI=1S/C10H5BrF3N3O2/c11-9-5-8(10(12,13)14)15-16(9)6-1-3-7(4-2-6)17(18)19/h1-5H. The number of hydrogen-bond donors (Lipinski definition) is 0. The summed E-state index contributed by atoms with van der Waals surface area (Å²) in [6.45, 7) is 0. The highest BCUT2D eigenvalue weighted by atomic mass is 79.9. The summed E-state index contributed by atoms with van der Waals surface area (Å²) in [5.41, 5.74) is -0.909. The molecular formula is C10H5BrF3N3O2. The molecule has 1 heterocycles. The fourth-order valence-electron chi connectivity index (χ4n) is 1.39. The van der Waals surface area contributed by atoms with Gasteiger partial charge in [0.25, 0.3) is 5.69 Å². The Bertz CT molecular complexity index is 622. The summed E-state index contributed by atoms with van der Waals surface area (Å²) in [7, 11) is 0. The van der Waals surface area contributed by atoms with Crippen molar-refractivity contribution in [1.29, 1.82) is 0 Å². The van der Waals surface area contributed by atoms with Crippen LogP contribution in [0.2, 0.25) is 0 Å². The lowest BCUT2D eigenvalue weighted by atomic mass is 10.3. The van der Waals surface area contributed by atoms with Crippen LogP contribution in [-0.2, 0) is 6.18 Å². The number of nitro benzene ring substituents is 1. The highest BCUT2D eigenvalue weighted by molar-refractivity contribution is 9.10. The van der Waals surface area contributed by atoms with Gasteiger partial charge in [-0.2, -0.15) is 18.3 Å². The largest absolute Gasteiger partial charge is 0.435 e. The van der Waals surface area contributed by atoms with E-state index in [2.05, 4.69) is 21.0 Å². The second-order valence-electron chi connectivity index (χ2n) is 3.54. The molecule has 0 fully saturated rings. The van der Waals surface area contributed by atoms with Gasteiger partial charge in [-0.15, -0.1) is 0 Å². The van der Waals surface area contributed by atoms with Crippen LogP contribution in [0.4, 0.5) is 18.9 Å². The van der Waals surface area contributed by atoms with Crippen LogP contribution in [0, 0.1) is 10.1 Å². The predicted octanol–water partition coefficient (Wildman–Crippen LogP) is 3.56. The van der Waals surface area contributed by atoms with Crippen LogP contribution in [0.25, 0.3) is 5.69 Å². The summed E-state index contributed by atoms with van der Waals surface area (Å²) in [6, 6.07) is 5.85. The van der Waals surface area contributed by atoms with Gasteiger partial charge in [-0.05, 0) is 28.1 Å². The van der Waals surface area contributed by atoms with E-state index in [9.17, 15) is 23.3 Å². The van der Waals surface area contributed by atoms with Crippen molar-refractivity contribution >= 4 is 21.6 Å². The molecule has 0 unspecified atom stereocenters. The average Bonchev–Trinajstić information content (AvgIpc) is 2.71. The molecule has 0 spiro atoms. The van der Waals surface area contributed by atoms with Gasteiger partial charge in [-0.25, -0.2) is 4.68 Å². The van der Waals surface area contributed by atoms with Gasteiger partial charge >= 0.3 is 6.18 Å². The number of hydrogen-bond acceptors (Lipinski definition) is 3. The molecule has 0 atom stereocenters. The van der Waals surface area contributed by atoms with E-state index < -0.39 is 16.8 Å². The molecule has 0 aliphatic rings. The Balaban J connectivity index is 2.42. The molecule has 0 saturated carbocycles. The minimum Gasteiger partial charge on any atom is -0.258 e. The molecule has 9 heteroatoms. The third-order valence-corrected chi connectivity index (χ3v) is 2.83. The number of alkyl halides is 3. The molecule has 0 saturated heterocycles.